The van der Waals surface area contributed by atoms with Crippen molar-refractivity contribution in [3.8, 4) is 5.75 Å². The average molecular weight is 436 g/mol. The number of aromatic nitrogens is 1. The lowest BCUT2D eigenvalue weighted by molar-refractivity contribution is 0.227. The molecule has 0 fully saturated rings. The number of benzene rings is 1. The highest BCUT2D eigenvalue weighted by atomic mass is 35.5. The molecular weight excluding hydrogens is 416 g/mol. The molecule has 152 valence electrons. The number of allylic oxidation sites excluding steroid dienone is 1. The summed E-state index contributed by atoms with van der Waals surface area (Å²) in [5.74, 6) is -0.159. The van der Waals surface area contributed by atoms with Crippen LogP contribution in [0.5, 0.6) is 5.75 Å². The molecule has 5 nitrogen and oxygen atoms in total. The molecule has 0 amide bonds. The number of nitrogen functional groups attached to an aromatic ring is 1. The zero-order valence-electron chi connectivity index (χ0n) is 15.7. The van der Waals surface area contributed by atoms with Gasteiger partial charge in [0.15, 0.2) is 11.4 Å². The number of hydrogen-bond acceptors (Lipinski definition) is 5. The lowest BCUT2D eigenvalue weighted by Gasteiger charge is -2.19. The van der Waals surface area contributed by atoms with Crippen molar-refractivity contribution in [3.63, 3.8) is 0 Å². The lowest BCUT2D eigenvalue weighted by atomic mass is 9.91. The molecule has 1 aliphatic rings. The van der Waals surface area contributed by atoms with Gasteiger partial charge < -0.3 is 20.6 Å². The van der Waals surface area contributed by atoms with Gasteiger partial charge in [-0.25, -0.2) is 9.37 Å². The van der Waals surface area contributed by atoms with Crippen molar-refractivity contribution in [2.45, 2.75) is 38.3 Å². The van der Waals surface area contributed by atoms with Crippen LogP contribution in [0.3, 0.4) is 0 Å². The minimum absolute atomic E-state index is 0.0263. The molecule has 2 heterocycles. The molecule has 2 atom stereocenters. The summed E-state index contributed by atoms with van der Waals surface area (Å²) >= 11 is 12.3. The Bertz CT molecular complexity index is 1110. The van der Waals surface area contributed by atoms with Gasteiger partial charge in [0.2, 0.25) is 5.75 Å². The van der Waals surface area contributed by atoms with Crippen molar-refractivity contribution < 1.29 is 13.5 Å². The van der Waals surface area contributed by atoms with Gasteiger partial charge in [0, 0.05) is 28.4 Å². The third kappa shape index (κ3) is 3.68. The van der Waals surface area contributed by atoms with Gasteiger partial charge in [0.25, 0.3) is 0 Å². The summed E-state index contributed by atoms with van der Waals surface area (Å²) in [6.45, 7) is 1.71. The van der Waals surface area contributed by atoms with Crippen LogP contribution in [0.1, 0.15) is 43.4 Å². The van der Waals surface area contributed by atoms with E-state index >= 15 is 0 Å². The van der Waals surface area contributed by atoms with Gasteiger partial charge in [-0.1, -0.05) is 29.3 Å². The maximum Gasteiger partial charge on any atom is 0.205 e. The highest BCUT2D eigenvalue weighted by Crippen LogP contribution is 2.41. The van der Waals surface area contributed by atoms with Gasteiger partial charge in [-0.3, -0.25) is 0 Å². The summed E-state index contributed by atoms with van der Waals surface area (Å²) in [7, 11) is 0. The number of fused-ring (bicyclic) bond motifs is 1. The van der Waals surface area contributed by atoms with Crippen LogP contribution in [0.15, 0.2) is 35.1 Å². The number of nitrogens with zero attached hydrogens (tertiary/aromatic N) is 1. The minimum atomic E-state index is -0.684. The summed E-state index contributed by atoms with van der Waals surface area (Å²) in [5, 5.41) is 0.979. The zero-order valence-corrected chi connectivity index (χ0v) is 17.2. The maximum absolute atomic E-state index is 13.9. The number of rotatable bonds is 4. The number of ether oxygens (including phenoxy) is 1. The standard InChI is InChI=1S/C21H20Cl2FN3O2/c1-10(17-15(22)5-6-16(24)18(17)23)29-20-19-13(8-27-21(20)26)14(9-28-19)11-3-2-4-12(25)7-11/h5-10,12H,2-4,25H2,1H3,(H2,26,27). The molecule has 0 saturated heterocycles. The third-order valence-corrected chi connectivity index (χ3v) is 5.84. The van der Waals surface area contributed by atoms with Crippen molar-refractivity contribution in [3.05, 3.63) is 57.7 Å². The van der Waals surface area contributed by atoms with Gasteiger partial charge in [-0.2, -0.15) is 0 Å². The van der Waals surface area contributed by atoms with Crippen molar-refractivity contribution in [2.75, 3.05) is 5.73 Å². The van der Waals surface area contributed by atoms with Gasteiger partial charge in [-0.05, 0) is 43.9 Å². The summed E-state index contributed by atoms with van der Waals surface area (Å²) in [6.07, 6.45) is 7.58. The molecule has 0 radical (unpaired) electrons. The van der Waals surface area contributed by atoms with E-state index in [-0.39, 0.29) is 22.6 Å². The molecule has 1 aromatic carbocycles. The lowest BCUT2D eigenvalue weighted by Crippen LogP contribution is -2.19. The van der Waals surface area contributed by atoms with E-state index in [1.54, 1.807) is 19.4 Å². The number of furan rings is 1. The van der Waals surface area contributed by atoms with Gasteiger partial charge in [0.1, 0.15) is 11.9 Å². The molecule has 0 spiro atoms. The van der Waals surface area contributed by atoms with Gasteiger partial charge >= 0.3 is 0 Å². The van der Waals surface area contributed by atoms with Crippen LogP contribution in [0, 0.1) is 5.82 Å². The first-order valence-corrected chi connectivity index (χ1v) is 10.0. The molecule has 2 aromatic heterocycles. The highest BCUT2D eigenvalue weighted by molar-refractivity contribution is 6.36. The van der Waals surface area contributed by atoms with E-state index in [1.165, 1.54) is 12.1 Å². The second-order valence-corrected chi connectivity index (χ2v) is 7.91. The topological polar surface area (TPSA) is 87.3 Å². The predicted octanol–water partition coefficient (Wildman–Crippen LogP) is 5.89. The Morgan fingerprint density at radius 3 is 2.90 bits per heavy atom. The second-order valence-electron chi connectivity index (χ2n) is 7.13. The molecule has 0 saturated carbocycles. The summed E-state index contributed by atoms with van der Waals surface area (Å²) in [4.78, 5) is 4.26. The van der Waals surface area contributed by atoms with Crippen LogP contribution in [0.4, 0.5) is 10.2 Å². The Morgan fingerprint density at radius 2 is 2.14 bits per heavy atom. The zero-order chi connectivity index (χ0) is 20.7. The largest absolute Gasteiger partial charge is 0.478 e. The van der Waals surface area contributed by atoms with E-state index in [9.17, 15) is 4.39 Å². The average Bonchev–Trinajstić information content (AvgIpc) is 3.12. The Hall–Kier alpha value is -2.28. The first-order chi connectivity index (χ1) is 13.9. The van der Waals surface area contributed by atoms with Crippen molar-refractivity contribution in [1.82, 2.24) is 4.98 Å². The Morgan fingerprint density at radius 1 is 1.34 bits per heavy atom. The van der Waals surface area contributed by atoms with Gasteiger partial charge in [-0.15, -0.1) is 0 Å². The fourth-order valence-corrected chi connectivity index (χ4v) is 4.35. The number of anilines is 1. The molecule has 1 aliphatic carbocycles. The van der Waals surface area contributed by atoms with Crippen LogP contribution in [0.2, 0.25) is 10.0 Å². The minimum Gasteiger partial charge on any atom is -0.478 e. The normalized spacial score (nSPS) is 18.0. The fourth-order valence-electron chi connectivity index (χ4n) is 3.67. The van der Waals surface area contributed by atoms with Crippen LogP contribution < -0.4 is 16.2 Å². The fraction of sp³-hybridized carbons (Fsp3) is 0.286. The van der Waals surface area contributed by atoms with Crippen LogP contribution in [-0.4, -0.2) is 11.0 Å². The Balaban J connectivity index is 1.75. The van der Waals surface area contributed by atoms with Crippen molar-refractivity contribution in [2.24, 2.45) is 5.73 Å². The number of halogens is 3. The van der Waals surface area contributed by atoms with Crippen LogP contribution in [0.25, 0.3) is 16.5 Å². The molecular formula is C21H20Cl2FN3O2. The maximum atomic E-state index is 13.9. The van der Waals surface area contributed by atoms with Crippen molar-refractivity contribution >= 4 is 45.6 Å². The molecule has 8 heteroatoms. The number of hydrogen-bond donors (Lipinski definition) is 2. The number of nitrogens with two attached hydrogens (primary N) is 2. The molecule has 4 N–H and O–H groups in total. The molecule has 4 rings (SSSR count). The van der Waals surface area contributed by atoms with Gasteiger partial charge in [0.05, 0.1) is 16.7 Å². The summed E-state index contributed by atoms with van der Waals surface area (Å²) < 4.78 is 25.7. The summed E-state index contributed by atoms with van der Waals surface area (Å²) in [6, 6.07) is 2.67. The third-order valence-electron chi connectivity index (χ3n) is 5.13. The molecule has 2 unspecified atom stereocenters. The van der Waals surface area contributed by atoms with E-state index in [0.29, 0.717) is 16.2 Å². The quantitative estimate of drug-likeness (QED) is 0.498. The molecule has 0 bridgehead atoms. The molecule has 0 aliphatic heterocycles. The predicted molar refractivity (Wildman–Crippen MR) is 114 cm³/mol. The van der Waals surface area contributed by atoms with E-state index in [2.05, 4.69) is 11.1 Å². The van der Waals surface area contributed by atoms with Crippen molar-refractivity contribution in [1.29, 1.82) is 0 Å². The Labute approximate surface area is 177 Å². The first kappa shape index (κ1) is 20.0. The Kier molecular flexibility index (Phi) is 5.42. The number of pyridine rings is 1. The van der Waals surface area contributed by atoms with E-state index in [4.69, 9.17) is 43.8 Å². The molecule has 29 heavy (non-hydrogen) atoms. The van der Waals surface area contributed by atoms with E-state index in [0.717, 1.165) is 35.8 Å². The van der Waals surface area contributed by atoms with E-state index < -0.39 is 11.9 Å². The first-order valence-electron chi connectivity index (χ1n) is 9.29. The van der Waals surface area contributed by atoms with Crippen LogP contribution >= 0.6 is 23.2 Å². The smallest absolute Gasteiger partial charge is 0.205 e. The highest BCUT2D eigenvalue weighted by Gasteiger charge is 2.24. The summed E-state index contributed by atoms with van der Waals surface area (Å²) in [5.41, 5.74) is 15.0. The molecule has 3 aromatic rings. The van der Waals surface area contributed by atoms with E-state index in [1.807, 2.05) is 0 Å². The van der Waals surface area contributed by atoms with Crippen LogP contribution in [-0.2, 0) is 0 Å². The second kappa shape index (κ2) is 7.86. The SMILES string of the molecule is CC(Oc1c(N)ncc2c(C3=CC(N)CCC3)coc12)c1c(Cl)ccc(F)c1Cl. The monoisotopic (exact) mass is 435 g/mol.